The van der Waals surface area contributed by atoms with E-state index in [1.54, 1.807) is 18.5 Å². The number of aromatic amines is 1. The predicted octanol–water partition coefficient (Wildman–Crippen LogP) is 1.03. The first-order valence-electron chi connectivity index (χ1n) is 4.88. The van der Waals surface area contributed by atoms with Gasteiger partial charge >= 0.3 is 0 Å². The smallest absolute Gasteiger partial charge is 0.269 e. The molecule has 0 aromatic carbocycles. The molecule has 0 bridgehead atoms. The SMILES string of the molecule is NCC#Cc1ccsc1C(=O)Nc1ncc[nH]1. The van der Waals surface area contributed by atoms with Crippen molar-refractivity contribution in [3.8, 4) is 11.8 Å². The van der Waals surface area contributed by atoms with Crippen molar-refractivity contribution in [3.05, 3.63) is 34.3 Å². The number of aromatic nitrogens is 2. The van der Waals surface area contributed by atoms with E-state index in [9.17, 15) is 4.79 Å². The highest BCUT2D eigenvalue weighted by molar-refractivity contribution is 7.12. The Morgan fingerprint density at radius 1 is 1.65 bits per heavy atom. The van der Waals surface area contributed by atoms with Gasteiger partial charge in [0.15, 0.2) is 0 Å². The van der Waals surface area contributed by atoms with Gasteiger partial charge in [0.1, 0.15) is 4.88 Å². The normalized spacial score (nSPS) is 9.47. The first-order valence-corrected chi connectivity index (χ1v) is 5.76. The van der Waals surface area contributed by atoms with Gasteiger partial charge in [0.05, 0.1) is 6.54 Å². The van der Waals surface area contributed by atoms with E-state index in [1.807, 2.05) is 5.38 Å². The summed E-state index contributed by atoms with van der Waals surface area (Å²) in [5.41, 5.74) is 5.98. The summed E-state index contributed by atoms with van der Waals surface area (Å²) >= 11 is 1.33. The lowest BCUT2D eigenvalue weighted by atomic mass is 10.2. The van der Waals surface area contributed by atoms with Gasteiger partial charge in [0, 0.05) is 18.0 Å². The number of nitrogens with zero attached hydrogens (tertiary/aromatic N) is 1. The van der Waals surface area contributed by atoms with Crippen LogP contribution >= 0.6 is 11.3 Å². The monoisotopic (exact) mass is 246 g/mol. The lowest BCUT2D eigenvalue weighted by Gasteiger charge is -1.99. The molecule has 0 atom stereocenters. The molecule has 0 fully saturated rings. The summed E-state index contributed by atoms with van der Waals surface area (Å²) in [6, 6.07) is 1.80. The number of nitrogens with one attached hydrogen (secondary N) is 2. The fraction of sp³-hybridized carbons (Fsp3) is 0.0909. The molecule has 0 radical (unpaired) electrons. The molecule has 5 nitrogen and oxygen atoms in total. The number of thiophene rings is 1. The summed E-state index contributed by atoms with van der Waals surface area (Å²) in [6.45, 7) is 0.273. The Labute approximate surface area is 102 Å². The van der Waals surface area contributed by atoms with Gasteiger partial charge in [0.25, 0.3) is 5.91 Å². The molecule has 2 rings (SSSR count). The molecular formula is C11H10N4OS. The van der Waals surface area contributed by atoms with E-state index < -0.39 is 0 Å². The molecule has 0 aliphatic carbocycles. The largest absolute Gasteiger partial charge is 0.331 e. The van der Waals surface area contributed by atoms with Gasteiger partial charge in [-0.1, -0.05) is 11.8 Å². The number of nitrogens with two attached hydrogens (primary N) is 1. The van der Waals surface area contributed by atoms with E-state index >= 15 is 0 Å². The molecule has 2 heterocycles. The van der Waals surface area contributed by atoms with Crippen LogP contribution in [0.25, 0.3) is 0 Å². The van der Waals surface area contributed by atoms with Crippen LogP contribution in [0, 0.1) is 11.8 Å². The van der Waals surface area contributed by atoms with E-state index in [1.165, 1.54) is 11.3 Å². The third-order valence-corrected chi connectivity index (χ3v) is 2.84. The Morgan fingerprint density at radius 2 is 2.53 bits per heavy atom. The molecule has 17 heavy (non-hydrogen) atoms. The predicted molar refractivity (Wildman–Crippen MR) is 66.8 cm³/mol. The molecule has 0 aliphatic rings. The zero-order valence-electron chi connectivity index (χ0n) is 8.86. The molecule has 0 saturated carbocycles. The number of carbonyl (C=O) groups excluding carboxylic acids is 1. The van der Waals surface area contributed by atoms with Crippen molar-refractivity contribution in [2.75, 3.05) is 11.9 Å². The van der Waals surface area contributed by atoms with Crippen molar-refractivity contribution < 1.29 is 4.79 Å². The van der Waals surface area contributed by atoms with Crippen LogP contribution in [0.15, 0.2) is 23.8 Å². The van der Waals surface area contributed by atoms with E-state index in [0.29, 0.717) is 16.4 Å². The second-order valence-electron chi connectivity index (χ2n) is 3.06. The summed E-state index contributed by atoms with van der Waals surface area (Å²) in [5, 5.41) is 4.46. The Hall–Kier alpha value is -2.10. The Bertz CT molecular complexity index is 562. The molecule has 2 aromatic rings. The third-order valence-electron chi connectivity index (χ3n) is 1.93. The maximum Gasteiger partial charge on any atom is 0.269 e. The number of rotatable bonds is 2. The van der Waals surface area contributed by atoms with Crippen molar-refractivity contribution >= 4 is 23.2 Å². The average molecular weight is 246 g/mol. The number of hydrogen-bond donors (Lipinski definition) is 3. The molecule has 1 amide bonds. The topological polar surface area (TPSA) is 83.8 Å². The average Bonchev–Trinajstić information content (AvgIpc) is 2.96. The summed E-state index contributed by atoms with van der Waals surface area (Å²) in [4.78, 5) is 19.2. The van der Waals surface area contributed by atoms with Gasteiger partial charge in [-0.15, -0.1) is 11.3 Å². The molecule has 86 valence electrons. The second kappa shape index (κ2) is 5.30. The zero-order chi connectivity index (χ0) is 12.1. The fourth-order valence-electron chi connectivity index (χ4n) is 1.23. The number of hydrogen-bond acceptors (Lipinski definition) is 4. The zero-order valence-corrected chi connectivity index (χ0v) is 9.67. The highest BCUT2D eigenvalue weighted by Crippen LogP contribution is 2.16. The molecular weight excluding hydrogens is 236 g/mol. The molecule has 0 saturated heterocycles. The molecule has 6 heteroatoms. The highest BCUT2D eigenvalue weighted by atomic mass is 32.1. The van der Waals surface area contributed by atoms with Crippen molar-refractivity contribution in [1.29, 1.82) is 0 Å². The van der Waals surface area contributed by atoms with Crippen LogP contribution in [0.4, 0.5) is 5.95 Å². The number of carbonyl (C=O) groups is 1. The van der Waals surface area contributed by atoms with Gasteiger partial charge < -0.3 is 10.7 Å². The minimum atomic E-state index is -0.226. The third kappa shape index (κ3) is 2.72. The maximum absolute atomic E-state index is 11.9. The fourth-order valence-corrected chi connectivity index (χ4v) is 1.97. The van der Waals surface area contributed by atoms with Crippen LogP contribution in [0.2, 0.25) is 0 Å². The minimum Gasteiger partial charge on any atom is -0.331 e. The van der Waals surface area contributed by atoms with Crippen molar-refractivity contribution in [2.24, 2.45) is 5.73 Å². The number of anilines is 1. The van der Waals surface area contributed by atoms with Crippen molar-refractivity contribution in [1.82, 2.24) is 9.97 Å². The molecule has 0 unspecified atom stereocenters. The highest BCUT2D eigenvalue weighted by Gasteiger charge is 2.12. The van der Waals surface area contributed by atoms with Crippen LogP contribution in [0.1, 0.15) is 15.2 Å². The lowest BCUT2D eigenvalue weighted by Crippen LogP contribution is -2.12. The van der Waals surface area contributed by atoms with Gasteiger partial charge in [-0.05, 0) is 11.4 Å². The van der Waals surface area contributed by atoms with Crippen molar-refractivity contribution in [3.63, 3.8) is 0 Å². The summed E-state index contributed by atoms with van der Waals surface area (Å²) < 4.78 is 0. The van der Waals surface area contributed by atoms with E-state index in [-0.39, 0.29) is 12.5 Å². The number of H-pyrrole nitrogens is 1. The molecule has 0 spiro atoms. The quantitative estimate of drug-likeness (QED) is 0.692. The van der Waals surface area contributed by atoms with Gasteiger partial charge in [-0.25, -0.2) is 4.98 Å². The van der Waals surface area contributed by atoms with Crippen LogP contribution in [0.5, 0.6) is 0 Å². The van der Waals surface area contributed by atoms with Crippen LogP contribution < -0.4 is 11.1 Å². The summed E-state index contributed by atoms with van der Waals surface area (Å²) in [6.07, 6.45) is 3.21. The van der Waals surface area contributed by atoms with E-state index in [2.05, 4.69) is 27.1 Å². The van der Waals surface area contributed by atoms with Crippen molar-refractivity contribution in [2.45, 2.75) is 0 Å². The first kappa shape index (κ1) is 11.4. The van der Waals surface area contributed by atoms with Gasteiger partial charge in [0.2, 0.25) is 5.95 Å². The molecule has 2 aromatic heterocycles. The first-order chi connectivity index (χ1) is 8.31. The van der Waals surface area contributed by atoms with Gasteiger partial charge in [-0.3, -0.25) is 10.1 Å². The second-order valence-corrected chi connectivity index (χ2v) is 3.98. The summed E-state index contributed by atoms with van der Waals surface area (Å²) in [5.74, 6) is 5.78. The Morgan fingerprint density at radius 3 is 3.24 bits per heavy atom. The van der Waals surface area contributed by atoms with E-state index in [0.717, 1.165) is 0 Å². The summed E-state index contributed by atoms with van der Waals surface area (Å²) in [7, 11) is 0. The molecule has 0 aliphatic heterocycles. The van der Waals surface area contributed by atoms with Crippen LogP contribution in [-0.4, -0.2) is 22.4 Å². The van der Waals surface area contributed by atoms with Gasteiger partial charge in [-0.2, -0.15) is 0 Å². The standard InChI is InChI=1S/C11H10N4OS/c12-4-1-2-8-3-7-17-9(8)10(16)15-11-13-5-6-14-11/h3,5-7H,4,12H2,(H2,13,14,15,16). The number of amides is 1. The minimum absolute atomic E-state index is 0.226. The van der Waals surface area contributed by atoms with Crippen LogP contribution in [0.3, 0.4) is 0 Å². The Kier molecular flexibility index (Phi) is 3.55. The number of imidazole rings is 1. The Balaban J connectivity index is 2.17. The van der Waals surface area contributed by atoms with Crippen LogP contribution in [-0.2, 0) is 0 Å². The molecule has 4 N–H and O–H groups in total. The maximum atomic E-state index is 11.9. The lowest BCUT2D eigenvalue weighted by molar-refractivity contribution is 0.102. The van der Waals surface area contributed by atoms with E-state index in [4.69, 9.17) is 5.73 Å².